The topological polar surface area (TPSA) is 55.8 Å². The number of esters is 1. The third kappa shape index (κ3) is 6.19. The molecule has 0 spiro atoms. The second kappa shape index (κ2) is 10.2. The molecule has 0 saturated heterocycles. The third-order valence-corrected chi connectivity index (χ3v) is 4.85. The van der Waals surface area contributed by atoms with Crippen LogP contribution in [0.4, 0.5) is 0 Å². The van der Waals surface area contributed by atoms with Gasteiger partial charge in [0.25, 0.3) is 5.91 Å². The van der Waals surface area contributed by atoms with Crippen LogP contribution in [0.25, 0.3) is 0 Å². The number of thioether (sulfide) groups is 1. The van der Waals surface area contributed by atoms with Gasteiger partial charge in [0.15, 0.2) is 6.61 Å². The molecule has 2 aromatic rings. The van der Waals surface area contributed by atoms with Crippen molar-refractivity contribution in [1.29, 1.82) is 0 Å². The maximum atomic E-state index is 12.2. The first-order valence-electron chi connectivity index (χ1n) is 8.41. The number of hydrogen-bond acceptors (Lipinski definition) is 5. The maximum absolute atomic E-state index is 12.2. The highest BCUT2D eigenvalue weighted by Gasteiger charge is 2.16. The zero-order chi connectivity index (χ0) is 19.8. The van der Waals surface area contributed by atoms with Crippen LogP contribution in [0.2, 0.25) is 5.02 Å². The Morgan fingerprint density at radius 1 is 1.15 bits per heavy atom. The van der Waals surface area contributed by atoms with Gasteiger partial charge in [-0.1, -0.05) is 23.7 Å². The fraction of sp³-hybridized carbons (Fsp3) is 0.300. The Balaban J connectivity index is 1.89. The minimum absolute atomic E-state index is 0.255. The van der Waals surface area contributed by atoms with Crippen molar-refractivity contribution in [3.8, 4) is 5.75 Å². The summed E-state index contributed by atoms with van der Waals surface area (Å²) in [5.74, 6) is -0.124. The van der Waals surface area contributed by atoms with E-state index in [0.717, 1.165) is 16.2 Å². The van der Waals surface area contributed by atoms with Crippen LogP contribution in [-0.2, 0) is 16.1 Å². The molecule has 0 aliphatic rings. The lowest BCUT2D eigenvalue weighted by Gasteiger charge is -2.17. The fourth-order valence-electron chi connectivity index (χ4n) is 2.32. The standard InChI is InChI=1S/C20H22ClNO4S/c1-4-25-15-7-5-14(6-8-15)12-22(2)19(23)13-26-20(24)17-11-16(27-3)9-10-18(17)21/h5-11H,4,12-13H2,1-3H3. The number of carbonyl (C=O) groups is 2. The monoisotopic (exact) mass is 407 g/mol. The molecule has 2 aromatic carbocycles. The first-order valence-corrected chi connectivity index (χ1v) is 10.0. The highest BCUT2D eigenvalue weighted by molar-refractivity contribution is 7.98. The van der Waals surface area contributed by atoms with Gasteiger partial charge in [-0.05, 0) is 49.1 Å². The molecule has 0 heterocycles. The summed E-state index contributed by atoms with van der Waals surface area (Å²) in [4.78, 5) is 26.9. The molecule has 2 rings (SSSR count). The zero-order valence-electron chi connectivity index (χ0n) is 15.5. The minimum atomic E-state index is -0.612. The predicted molar refractivity (Wildman–Crippen MR) is 108 cm³/mol. The lowest BCUT2D eigenvalue weighted by atomic mass is 10.2. The van der Waals surface area contributed by atoms with Crippen molar-refractivity contribution in [1.82, 2.24) is 4.90 Å². The van der Waals surface area contributed by atoms with E-state index in [2.05, 4.69) is 0 Å². The van der Waals surface area contributed by atoms with Gasteiger partial charge in [0.05, 0.1) is 17.2 Å². The van der Waals surface area contributed by atoms with Crippen LogP contribution in [0, 0.1) is 0 Å². The van der Waals surface area contributed by atoms with Crippen LogP contribution >= 0.6 is 23.4 Å². The van der Waals surface area contributed by atoms with E-state index in [4.69, 9.17) is 21.1 Å². The zero-order valence-corrected chi connectivity index (χ0v) is 17.1. The average Bonchev–Trinajstić information content (AvgIpc) is 2.67. The molecule has 1 amide bonds. The largest absolute Gasteiger partial charge is 0.494 e. The summed E-state index contributed by atoms with van der Waals surface area (Å²) in [6, 6.07) is 12.6. The van der Waals surface area contributed by atoms with Crippen molar-refractivity contribution in [2.75, 3.05) is 26.5 Å². The molecule has 0 atom stereocenters. The molecular formula is C20H22ClNO4S. The smallest absolute Gasteiger partial charge is 0.340 e. The molecule has 27 heavy (non-hydrogen) atoms. The van der Waals surface area contributed by atoms with Crippen molar-refractivity contribution in [2.45, 2.75) is 18.4 Å². The van der Waals surface area contributed by atoms with Gasteiger partial charge in [-0.15, -0.1) is 11.8 Å². The van der Waals surface area contributed by atoms with Gasteiger partial charge < -0.3 is 14.4 Å². The van der Waals surface area contributed by atoms with Gasteiger partial charge in [0.2, 0.25) is 0 Å². The summed E-state index contributed by atoms with van der Waals surface area (Å²) in [5, 5.41) is 0.299. The maximum Gasteiger partial charge on any atom is 0.340 e. The molecule has 0 fully saturated rings. The molecule has 7 heteroatoms. The molecule has 0 N–H and O–H groups in total. The van der Waals surface area contributed by atoms with Crippen molar-refractivity contribution in [3.05, 3.63) is 58.6 Å². The average molecular weight is 408 g/mol. The quantitative estimate of drug-likeness (QED) is 0.483. The summed E-state index contributed by atoms with van der Waals surface area (Å²) in [6.45, 7) is 2.59. The van der Waals surface area contributed by atoms with Gasteiger partial charge in [-0.3, -0.25) is 4.79 Å². The molecule has 0 aromatic heterocycles. The van der Waals surface area contributed by atoms with Crippen LogP contribution < -0.4 is 4.74 Å². The fourth-order valence-corrected chi connectivity index (χ4v) is 2.96. The molecule has 0 unspecified atom stereocenters. The molecular weight excluding hydrogens is 386 g/mol. The van der Waals surface area contributed by atoms with Gasteiger partial charge >= 0.3 is 5.97 Å². The van der Waals surface area contributed by atoms with Crippen LogP contribution in [-0.4, -0.2) is 43.3 Å². The Morgan fingerprint density at radius 3 is 2.48 bits per heavy atom. The van der Waals surface area contributed by atoms with E-state index in [9.17, 15) is 9.59 Å². The Morgan fingerprint density at radius 2 is 1.85 bits per heavy atom. The van der Waals surface area contributed by atoms with Gasteiger partial charge in [0, 0.05) is 18.5 Å². The Bertz CT molecular complexity index is 795. The van der Waals surface area contributed by atoms with Crippen molar-refractivity contribution in [3.63, 3.8) is 0 Å². The second-order valence-corrected chi connectivity index (χ2v) is 7.04. The van der Waals surface area contributed by atoms with Crippen LogP contribution in [0.15, 0.2) is 47.4 Å². The van der Waals surface area contributed by atoms with E-state index in [1.165, 1.54) is 16.7 Å². The van der Waals surface area contributed by atoms with E-state index < -0.39 is 5.97 Å². The first kappa shape index (κ1) is 21.1. The number of amides is 1. The summed E-state index contributed by atoms with van der Waals surface area (Å²) in [7, 11) is 1.66. The number of rotatable bonds is 8. The molecule has 0 saturated carbocycles. The highest BCUT2D eigenvalue weighted by Crippen LogP contribution is 2.23. The van der Waals surface area contributed by atoms with Crippen LogP contribution in [0.5, 0.6) is 5.75 Å². The van der Waals surface area contributed by atoms with Gasteiger partial charge in [-0.25, -0.2) is 4.79 Å². The number of halogens is 1. The van der Waals surface area contributed by atoms with E-state index >= 15 is 0 Å². The molecule has 0 aliphatic heterocycles. The van der Waals surface area contributed by atoms with E-state index in [1.54, 1.807) is 19.2 Å². The lowest BCUT2D eigenvalue weighted by Crippen LogP contribution is -2.30. The highest BCUT2D eigenvalue weighted by atomic mass is 35.5. The summed E-state index contributed by atoms with van der Waals surface area (Å²) < 4.78 is 10.5. The molecule has 0 radical (unpaired) electrons. The van der Waals surface area contributed by atoms with E-state index in [1.807, 2.05) is 43.5 Å². The van der Waals surface area contributed by atoms with Crippen LogP contribution in [0.1, 0.15) is 22.8 Å². The number of carbonyl (C=O) groups excluding carboxylic acids is 2. The number of ether oxygens (including phenoxy) is 2. The van der Waals surface area contributed by atoms with Crippen LogP contribution in [0.3, 0.4) is 0 Å². The number of hydrogen-bond donors (Lipinski definition) is 0. The van der Waals surface area contributed by atoms with Crippen molar-refractivity contribution >= 4 is 35.2 Å². The van der Waals surface area contributed by atoms with Crippen molar-refractivity contribution < 1.29 is 19.1 Å². The lowest BCUT2D eigenvalue weighted by molar-refractivity contribution is -0.133. The van der Waals surface area contributed by atoms with Gasteiger partial charge in [-0.2, -0.15) is 0 Å². The Hall–Kier alpha value is -2.18. The summed E-state index contributed by atoms with van der Waals surface area (Å²) in [6.07, 6.45) is 1.90. The Kier molecular flexibility index (Phi) is 8.00. The minimum Gasteiger partial charge on any atom is -0.494 e. The SMILES string of the molecule is CCOc1ccc(CN(C)C(=O)COC(=O)c2cc(SC)ccc2Cl)cc1. The van der Waals surface area contributed by atoms with E-state index in [-0.39, 0.29) is 18.1 Å². The van der Waals surface area contributed by atoms with Crippen molar-refractivity contribution in [2.24, 2.45) is 0 Å². The first-order chi connectivity index (χ1) is 12.9. The summed E-state index contributed by atoms with van der Waals surface area (Å²) in [5.41, 5.74) is 1.21. The normalized spacial score (nSPS) is 10.4. The molecule has 5 nitrogen and oxygen atoms in total. The van der Waals surface area contributed by atoms with Gasteiger partial charge in [0.1, 0.15) is 5.75 Å². The molecule has 0 bridgehead atoms. The number of nitrogens with zero attached hydrogens (tertiary/aromatic N) is 1. The number of likely N-dealkylation sites (N-methyl/N-ethyl adjacent to an activating group) is 1. The Labute approximate surface area is 168 Å². The van der Waals surface area contributed by atoms with E-state index in [0.29, 0.717) is 18.2 Å². The summed E-state index contributed by atoms with van der Waals surface area (Å²) >= 11 is 7.55. The number of benzene rings is 2. The predicted octanol–water partition coefficient (Wildman–Crippen LogP) is 4.28. The third-order valence-electron chi connectivity index (χ3n) is 3.80. The molecule has 0 aliphatic carbocycles. The molecule has 144 valence electrons. The second-order valence-electron chi connectivity index (χ2n) is 5.75.